The molecule has 0 saturated heterocycles. The number of aryl methyl sites for hydroxylation is 1. The predicted molar refractivity (Wildman–Crippen MR) is 77.1 cm³/mol. The number of halogens is 1. The monoisotopic (exact) mass is 336 g/mol. The van der Waals surface area contributed by atoms with E-state index < -0.39 is 0 Å². The zero-order chi connectivity index (χ0) is 13.4. The van der Waals surface area contributed by atoms with Gasteiger partial charge in [0.15, 0.2) is 0 Å². The first-order chi connectivity index (χ1) is 9.13. The van der Waals surface area contributed by atoms with E-state index in [2.05, 4.69) is 26.1 Å². The van der Waals surface area contributed by atoms with Crippen LogP contribution in [0.2, 0.25) is 0 Å². The molecule has 0 saturated carbocycles. The fourth-order valence-electron chi connectivity index (χ4n) is 1.69. The summed E-state index contributed by atoms with van der Waals surface area (Å²) in [6.45, 7) is 1.91. The van der Waals surface area contributed by atoms with Crippen molar-refractivity contribution in [3.8, 4) is 27.9 Å². The summed E-state index contributed by atoms with van der Waals surface area (Å²) < 4.78 is 6.21. The highest BCUT2D eigenvalue weighted by Gasteiger charge is 2.15. The molecule has 0 fully saturated rings. The second-order valence-corrected chi connectivity index (χ2v) is 6.51. The smallest absolute Gasteiger partial charge is 0.262 e. The maximum atomic E-state index is 9.90. The molecular weight excluding hydrogens is 328 g/mol. The molecule has 19 heavy (non-hydrogen) atoms. The molecule has 0 spiro atoms. The number of nitrogens with zero attached hydrogens (tertiary/aromatic N) is 2. The van der Waals surface area contributed by atoms with Gasteiger partial charge in [-0.25, -0.2) is 0 Å². The van der Waals surface area contributed by atoms with E-state index in [1.807, 2.05) is 25.1 Å². The summed E-state index contributed by atoms with van der Waals surface area (Å²) in [5.41, 5.74) is 1.52. The summed E-state index contributed by atoms with van der Waals surface area (Å²) in [5, 5.41) is 13.8. The van der Waals surface area contributed by atoms with Crippen molar-refractivity contribution in [2.45, 2.75) is 6.92 Å². The summed E-state index contributed by atoms with van der Waals surface area (Å²) in [6.07, 6.45) is 0. The molecule has 2 heterocycles. The van der Waals surface area contributed by atoms with E-state index >= 15 is 0 Å². The van der Waals surface area contributed by atoms with Crippen LogP contribution < -0.4 is 0 Å². The van der Waals surface area contributed by atoms with Gasteiger partial charge < -0.3 is 9.63 Å². The van der Waals surface area contributed by atoms with E-state index in [1.54, 1.807) is 12.1 Å². The quantitative estimate of drug-likeness (QED) is 0.760. The van der Waals surface area contributed by atoms with Crippen LogP contribution in [0.25, 0.3) is 22.2 Å². The molecule has 2 aromatic heterocycles. The maximum Gasteiger partial charge on any atom is 0.262 e. The molecule has 0 bridgehead atoms. The maximum absolute atomic E-state index is 9.90. The van der Waals surface area contributed by atoms with Crippen LogP contribution in [0.1, 0.15) is 5.56 Å². The minimum atomic E-state index is 0.141. The highest BCUT2D eigenvalue weighted by Crippen LogP contribution is 2.33. The summed E-state index contributed by atoms with van der Waals surface area (Å²) in [6, 6.07) is 9.17. The van der Waals surface area contributed by atoms with Gasteiger partial charge in [-0.05, 0) is 52.7 Å². The van der Waals surface area contributed by atoms with Crippen molar-refractivity contribution < 1.29 is 9.63 Å². The number of rotatable bonds is 2. The molecule has 1 aromatic carbocycles. The first kappa shape index (κ1) is 12.4. The first-order valence-corrected chi connectivity index (χ1v) is 7.14. The Balaban J connectivity index is 2.01. The molecule has 0 aliphatic carbocycles. The van der Waals surface area contributed by atoms with Crippen molar-refractivity contribution in [2.24, 2.45) is 0 Å². The van der Waals surface area contributed by atoms with E-state index in [0.29, 0.717) is 17.3 Å². The topological polar surface area (TPSA) is 59.2 Å². The lowest BCUT2D eigenvalue weighted by Gasteiger charge is -1.99. The summed E-state index contributed by atoms with van der Waals surface area (Å²) >= 11 is 4.92. The third-order valence-electron chi connectivity index (χ3n) is 2.60. The van der Waals surface area contributed by atoms with E-state index in [1.165, 1.54) is 11.3 Å². The average molecular weight is 337 g/mol. The lowest BCUT2D eigenvalue weighted by molar-refractivity contribution is 0.426. The number of thiophene rings is 1. The largest absolute Gasteiger partial charge is 0.507 e. The molecule has 0 aliphatic heterocycles. The highest BCUT2D eigenvalue weighted by atomic mass is 79.9. The molecule has 0 radical (unpaired) electrons. The van der Waals surface area contributed by atoms with Crippen LogP contribution >= 0.6 is 27.3 Å². The summed E-state index contributed by atoms with van der Waals surface area (Å²) in [4.78, 5) is 5.22. The van der Waals surface area contributed by atoms with Gasteiger partial charge in [0.1, 0.15) is 5.75 Å². The SMILES string of the molecule is Cc1ccc(-c2nc(-c3ccc(Br)s3)no2)c(O)c1. The summed E-state index contributed by atoms with van der Waals surface area (Å²) in [7, 11) is 0. The number of phenols is 1. The van der Waals surface area contributed by atoms with E-state index in [0.717, 1.165) is 14.2 Å². The molecule has 3 aromatic rings. The Labute approximate surface area is 121 Å². The van der Waals surface area contributed by atoms with Gasteiger partial charge >= 0.3 is 0 Å². The molecule has 0 atom stereocenters. The van der Waals surface area contributed by atoms with Gasteiger partial charge in [0, 0.05) is 0 Å². The van der Waals surface area contributed by atoms with E-state index in [4.69, 9.17) is 4.52 Å². The number of aromatic hydroxyl groups is 1. The standard InChI is InChI=1S/C13H9BrN2O2S/c1-7-2-3-8(9(17)6-7)13-15-12(16-18-13)10-4-5-11(14)19-10/h2-6,17H,1H3. The van der Waals surface area contributed by atoms with Crippen molar-refractivity contribution in [2.75, 3.05) is 0 Å². The van der Waals surface area contributed by atoms with E-state index in [-0.39, 0.29) is 5.75 Å². The molecule has 1 N–H and O–H groups in total. The normalized spacial score (nSPS) is 10.8. The van der Waals surface area contributed by atoms with Crippen LogP contribution in [0.5, 0.6) is 5.75 Å². The Hall–Kier alpha value is -1.66. The third-order valence-corrected chi connectivity index (χ3v) is 4.22. The van der Waals surface area contributed by atoms with Crippen LogP contribution in [0, 0.1) is 6.92 Å². The lowest BCUT2D eigenvalue weighted by atomic mass is 10.1. The average Bonchev–Trinajstić information content (AvgIpc) is 2.97. The van der Waals surface area contributed by atoms with Gasteiger partial charge in [0.25, 0.3) is 5.89 Å². The second kappa shape index (κ2) is 4.79. The lowest BCUT2D eigenvalue weighted by Crippen LogP contribution is -1.81. The van der Waals surface area contributed by atoms with Gasteiger partial charge in [-0.15, -0.1) is 11.3 Å². The molecule has 96 valence electrons. The molecular formula is C13H9BrN2O2S. The summed E-state index contributed by atoms with van der Waals surface area (Å²) in [5.74, 6) is 0.977. The minimum absolute atomic E-state index is 0.141. The van der Waals surface area contributed by atoms with Crippen molar-refractivity contribution in [3.63, 3.8) is 0 Å². The zero-order valence-electron chi connectivity index (χ0n) is 9.92. The third kappa shape index (κ3) is 2.41. The van der Waals surface area contributed by atoms with Gasteiger partial charge in [0.2, 0.25) is 5.82 Å². The molecule has 4 nitrogen and oxygen atoms in total. The molecule has 0 aliphatic rings. The van der Waals surface area contributed by atoms with Crippen LogP contribution in [0.15, 0.2) is 38.6 Å². The van der Waals surface area contributed by atoms with Gasteiger partial charge in [-0.1, -0.05) is 11.2 Å². The Morgan fingerprint density at radius 2 is 2.11 bits per heavy atom. The fraction of sp³-hybridized carbons (Fsp3) is 0.0769. The van der Waals surface area contributed by atoms with Crippen LogP contribution in [0.4, 0.5) is 0 Å². The second-order valence-electron chi connectivity index (χ2n) is 4.05. The van der Waals surface area contributed by atoms with Crippen LogP contribution in [0.3, 0.4) is 0 Å². The van der Waals surface area contributed by atoms with Gasteiger partial charge in [0.05, 0.1) is 14.2 Å². The Bertz CT molecular complexity index is 736. The number of phenolic OH excluding ortho intramolecular Hbond substituents is 1. The van der Waals surface area contributed by atoms with Crippen LogP contribution in [-0.4, -0.2) is 15.2 Å². The minimum Gasteiger partial charge on any atom is -0.507 e. The van der Waals surface area contributed by atoms with Crippen molar-refractivity contribution in [1.29, 1.82) is 0 Å². The predicted octanol–water partition coefficient (Wildman–Crippen LogP) is 4.24. The Morgan fingerprint density at radius 1 is 1.26 bits per heavy atom. The van der Waals surface area contributed by atoms with E-state index in [9.17, 15) is 5.11 Å². The highest BCUT2D eigenvalue weighted by molar-refractivity contribution is 9.11. The van der Waals surface area contributed by atoms with Crippen molar-refractivity contribution in [3.05, 3.63) is 39.7 Å². The molecule has 0 unspecified atom stereocenters. The van der Waals surface area contributed by atoms with Gasteiger partial charge in [-0.2, -0.15) is 4.98 Å². The number of aromatic nitrogens is 2. The number of hydrogen-bond acceptors (Lipinski definition) is 5. The molecule has 6 heteroatoms. The van der Waals surface area contributed by atoms with Gasteiger partial charge in [-0.3, -0.25) is 0 Å². The number of hydrogen-bond donors (Lipinski definition) is 1. The number of benzene rings is 1. The Morgan fingerprint density at radius 3 is 2.79 bits per heavy atom. The van der Waals surface area contributed by atoms with Crippen molar-refractivity contribution >= 4 is 27.3 Å². The Kier molecular flexibility index (Phi) is 3.12. The molecule has 3 rings (SSSR count). The first-order valence-electron chi connectivity index (χ1n) is 5.53. The fourth-order valence-corrected chi connectivity index (χ4v) is 3.00. The van der Waals surface area contributed by atoms with Crippen molar-refractivity contribution in [1.82, 2.24) is 10.1 Å². The zero-order valence-corrected chi connectivity index (χ0v) is 12.3. The van der Waals surface area contributed by atoms with Crippen LogP contribution in [-0.2, 0) is 0 Å². The molecule has 0 amide bonds.